The van der Waals surface area contributed by atoms with E-state index in [9.17, 15) is 0 Å². The number of nitrogens with one attached hydrogen (secondary N) is 1. The lowest BCUT2D eigenvalue weighted by Crippen LogP contribution is -2.27. The van der Waals surface area contributed by atoms with Gasteiger partial charge < -0.3 is 0 Å². The highest BCUT2D eigenvalue weighted by atomic mass is 79.9. The molecule has 0 radical (unpaired) electrons. The lowest BCUT2D eigenvalue weighted by molar-refractivity contribution is 0.654. The van der Waals surface area contributed by atoms with Gasteiger partial charge in [0.15, 0.2) is 0 Å². The second-order valence-corrected chi connectivity index (χ2v) is 6.56. The Kier molecular flexibility index (Phi) is 3.98. The van der Waals surface area contributed by atoms with Crippen LogP contribution in [-0.2, 0) is 0 Å². The zero-order valence-corrected chi connectivity index (χ0v) is 12.3. The van der Waals surface area contributed by atoms with Crippen LogP contribution in [0.3, 0.4) is 0 Å². The van der Waals surface area contributed by atoms with Crippen molar-refractivity contribution in [1.82, 2.24) is 5.43 Å². The SMILES string of the molecule is NNC(c1cc(Br)cs1)c1sccc1Br. The maximum absolute atomic E-state index is 5.60. The topological polar surface area (TPSA) is 38.0 Å². The van der Waals surface area contributed by atoms with E-state index in [1.165, 1.54) is 9.75 Å². The summed E-state index contributed by atoms with van der Waals surface area (Å²) in [5.74, 6) is 5.60. The molecule has 80 valence electrons. The van der Waals surface area contributed by atoms with Crippen LogP contribution in [0.25, 0.3) is 0 Å². The molecule has 2 aromatic heterocycles. The Labute approximate surface area is 113 Å². The van der Waals surface area contributed by atoms with Gasteiger partial charge in [-0.1, -0.05) is 0 Å². The summed E-state index contributed by atoms with van der Waals surface area (Å²) in [4.78, 5) is 2.40. The smallest absolute Gasteiger partial charge is 0.0906 e. The molecule has 0 aliphatic rings. The van der Waals surface area contributed by atoms with Gasteiger partial charge in [0, 0.05) is 24.1 Å². The van der Waals surface area contributed by atoms with Crippen molar-refractivity contribution in [3.05, 3.63) is 41.6 Å². The predicted molar refractivity (Wildman–Crippen MR) is 73.2 cm³/mol. The van der Waals surface area contributed by atoms with Gasteiger partial charge in [0.05, 0.1) is 6.04 Å². The molecule has 2 nitrogen and oxygen atoms in total. The summed E-state index contributed by atoms with van der Waals surface area (Å²) >= 11 is 10.3. The van der Waals surface area contributed by atoms with Gasteiger partial charge in [0.2, 0.25) is 0 Å². The Morgan fingerprint density at radius 3 is 2.60 bits per heavy atom. The Morgan fingerprint density at radius 1 is 1.33 bits per heavy atom. The van der Waals surface area contributed by atoms with Crippen molar-refractivity contribution >= 4 is 54.5 Å². The molecule has 0 bridgehead atoms. The van der Waals surface area contributed by atoms with Crippen LogP contribution in [0.15, 0.2) is 31.8 Å². The van der Waals surface area contributed by atoms with Crippen molar-refractivity contribution in [2.24, 2.45) is 5.84 Å². The minimum atomic E-state index is 0.0654. The van der Waals surface area contributed by atoms with Crippen LogP contribution in [0, 0.1) is 0 Å². The fourth-order valence-corrected chi connectivity index (χ4v) is 4.54. The molecule has 15 heavy (non-hydrogen) atoms. The molecule has 0 amide bonds. The third kappa shape index (κ3) is 2.51. The first-order chi connectivity index (χ1) is 7.22. The fraction of sp³-hybridized carbons (Fsp3) is 0.111. The van der Waals surface area contributed by atoms with Gasteiger partial charge in [-0.3, -0.25) is 5.84 Å². The number of thiophene rings is 2. The minimum absolute atomic E-state index is 0.0654. The molecule has 0 aromatic carbocycles. The van der Waals surface area contributed by atoms with Crippen molar-refractivity contribution in [2.45, 2.75) is 6.04 Å². The summed E-state index contributed by atoms with van der Waals surface area (Å²) in [6, 6.07) is 4.18. The second kappa shape index (κ2) is 5.07. The molecule has 0 fully saturated rings. The molecular weight excluding hydrogens is 360 g/mol. The Bertz CT molecular complexity index is 452. The zero-order chi connectivity index (χ0) is 10.8. The first kappa shape index (κ1) is 11.8. The van der Waals surface area contributed by atoms with Crippen LogP contribution >= 0.6 is 54.5 Å². The van der Waals surface area contributed by atoms with Gasteiger partial charge in [0.25, 0.3) is 0 Å². The lowest BCUT2D eigenvalue weighted by Gasteiger charge is -2.12. The Balaban J connectivity index is 2.36. The van der Waals surface area contributed by atoms with Gasteiger partial charge in [0.1, 0.15) is 0 Å². The van der Waals surface area contributed by atoms with Crippen LogP contribution in [0.5, 0.6) is 0 Å². The third-order valence-electron chi connectivity index (χ3n) is 1.95. The molecule has 6 heteroatoms. The molecule has 0 saturated carbocycles. The first-order valence-electron chi connectivity index (χ1n) is 4.15. The normalized spacial score (nSPS) is 13.0. The molecule has 1 atom stereocenters. The molecule has 2 heterocycles. The van der Waals surface area contributed by atoms with Gasteiger partial charge in [-0.05, 0) is 49.4 Å². The van der Waals surface area contributed by atoms with E-state index < -0.39 is 0 Å². The Hall–Kier alpha value is 0.280. The summed E-state index contributed by atoms with van der Waals surface area (Å²) in [5, 5.41) is 4.10. The standard InChI is InChI=1S/C9H8Br2N2S2/c10-5-3-7(15-4-5)8(13-12)9-6(11)1-2-14-9/h1-4,8,13H,12H2. The molecular formula is C9H8Br2N2S2. The van der Waals surface area contributed by atoms with E-state index in [-0.39, 0.29) is 6.04 Å². The summed E-state index contributed by atoms with van der Waals surface area (Å²) in [6.07, 6.45) is 0. The van der Waals surface area contributed by atoms with E-state index in [4.69, 9.17) is 5.84 Å². The maximum Gasteiger partial charge on any atom is 0.0906 e. The highest BCUT2D eigenvalue weighted by molar-refractivity contribution is 9.10. The fourth-order valence-electron chi connectivity index (χ4n) is 1.28. The summed E-state index contributed by atoms with van der Waals surface area (Å²) in [5.41, 5.74) is 2.84. The molecule has 2 rings (SSSR count). The van der Waals surface area contributed by atoms with Gasteiger partial charge >= 0.3 is 0 Å². The quantitative estimate of drug-likeness (QED) is 0.638. The van der Waals surface area contributed by atoms with E-state index in [0.29, 0.717) is 0 Å². The van der Waals surface area contributed by atoms with Crippen molar-refractivity contribution < 1.29 is 0 Å². The number of nitrogens with two attached hydrogens (primary N) is 1. The first-order valence-corrected chi connectivity index (χ1v) is 7.50. The van der Waals surface area contributed by atoms with Crippen molar-refractivity contribution in [1.29, 1.82) is 0 Å². The molecule has 2 aromatic rings. The van der Waals surface area contributed by atoms with Gasteiger partial charge in [-0.15, -0.1) is 22.7 Å². The van der Waals surface area contributed by atoms with Crippen molar-refractivity contribution in [3.63, 3.8) is 0 Å². The molecule has 1 unspecified atom stereocenters. The van der Waals surface area contributed by atoms with E-state index in [2.05, 4.69) is 48.7 Å². The van der Waals surface area contributed by atoms with Crippen LogP contribution in [0.1, 0.15) is 15.8 Å². The molecule has 0 spiro atoms. The third-order valence-corrected chi connectivity index (χ3v) is 5.64. The van der Waals surface area contributed by atoms with Gasteiger partial charge in [-0.25, -0.2) is 5.43 Å². The molecule has 0 aliphatic carbocycles. The van der Waals surface area contributed by atoms with E-state index in [0.717, 1.165) is 8.95 Å². The van der Waals surface area contributed by atoms with E-state index in [1.54, 1.807) is 22.7 Å². The number of hydrogen-bond acceptors (Lipinski definition) is 4. The molecule has 0 aliphatic heterocycles. The summed E-state index contributed by atoms with van der Waals surface area (Å²) < 4.78 is 2.19. The van der Waals surface area contributed by atoms with E-state index in [1.807, 2.05) is 11.4 Å². The lowest BCUT2D eigenvalue weighted by atomic mass is 10.2. The van der Waals surface area contributed by atoms with Crippen LogP contribution in [0.4, 0.5) is 0 Å². The van der Waals surface area contributed by atoms with Crippen LogP contribution in [0.2, 0.25) is 0 Å². The number of rotatable bonds is 3. The minimum Gasteiger partial charge on any atom is -0.271 e. The van der Waals surface area contributed by atoms with Crippen LogP contribution < -0.4 is 11.3 Å². The number of halogens is 2. The monoisotopic (exact) mass is 366 g/mol. The van der Waals surface area contributed by atoms with Crippen molar-refractivity contribution in [2.75, 3.05) is 0 Å². The average Bonchev–Trinajstić information content (AvgIpc) is 2.79. The largest absolute Gasteiger partial charge is 0.271 e. The number of hydrogen-bond donors (Lipinski definition) is 2. The maximum atomic E-state index is 5.60. The Morgan fingerprint density at radius 2 is 2.13 bits per heavy atom. The highest BCUT2D eigenvalue weighted by Crippen LogP contribution is 2.36. The predicted octanol–water partition coefficient (Wildman–Crippen LogP) is 3.89. The zero-order valence-electron chi connectivity index (χ0n) is 7.54. The molecule has 0 saturated heterocycles. The molecule has 3 N–H and O–H groups in total. The second-order valence-electron chi connectivity index (χ2n) is 2.90. The van der Waals surface area contributed by atoms with E-state index >= 15 is 0 Å². The van der Waals surface area contributed by atoms with Crippen molar-refractivity contribution in [3.8, 4) is 0 Å². The highest BCUT2D eigenvalue weighted by Gasteiger charge is 2.18. The summed E-state index contributed by atoms with van der Waals surface area (Å²) in [6.45, 7) is 0. The average molecular weight is 368 g/mol. The van der Waals surface area contributed by atoms with Gasteiger partial charge in [-0.2, -0.15) is 0 Å². The summed E-state index contributed by atoms with van der Waals surface area (Å²) in [7, 11) is 0. The number of hydrazine groups is 1. The van der Waals surface area contributed by atoms with Crippen LogP contribution in [-0.4, -0.2) is 0 Å².